The van der Waals surface area contributed by atoms with E-state index in [-0.39, 0.29) is 5.91 Å². The van der Waals surface area contributed by atoms with E-state index >= 15 is 0 Å². The van der Waals surface area contributed by atoms with Gasteiger partial charge in [-0.25, -0.2) is 0 Å². The van der Waals surface area contributed by atoms with Crippen LogP contribution in [0.2, 0.25) is 0 Å². The third-order valence-electron chi connectivity index (χ3n) is 2.98. The molecule has 0 radical (unpaired) electrons. The fourth-order valence-electron chi connectivity index (χ4n) is 2.11. The van der Waals surface area contributed by atoms with E-state index in [0.29, 0.717) is 5.69 Å². The molecular weight excluding hydrogens is 234 g/mol. The number of rotatable bonds is 2. The minimum atomic E-state index is -0.0363. The summed E-state index contributed by atoms with van der Waals surface area (Å²) in [5.41, 5.74) is 2.07. The van der Waals surface area contributed by atoms with Crippen molar-refractivity contribution in [2.24, 2.45) is 0 Å². The summed E-state index contributed by atoms with van der Waals surface area (Å²) >= 11 is 1.62. The molecule has 0 bridgehead atoms. The second-order valence-electron chi connectivity index (χ2n) is 4.21. The SMILES string of the molecule is O=C(Nc1cn[nH]c1)c1cc2c(s1)CCCC2. The van der Waals surface area contributed by atoms with Crippen molar-refractivity contribution in [3.8, 4) is 0 Å². The van der Waals surface area contributed by atoms with Gasteiger partial charge in [-0.15, -0.1) is 11.3 Å². The molecule has 0 atom stereocenters. The number of nitrogens with one attached hydrogen (secondary N) is 2. The Morgan fingerprint density at radius 2 is 2.29 bits per heavy atom. The number of fused-ring (bicyclic) bond motifs is 1. The number of aromatic nitrogens is 2. The fourth-order valence-corrected chi connectivity index (χ4v) is 3.26. The van der Waals surface area contributed by atoms with Crippen LogP contribution in [0.25, 0.3) is 0 Å². The lowest BCUT2D eigenvalue weighted by molar-refractivity contribution is 0.103. The van der Waals surface area contributed by atoms with Gasteiger partial charge in [-0.05, 0) is 37.3 Å². The zero-order valence-electron chi connectivity index (χ0n) is 9.32. The first-order chi connectivity index (χ1) is 8.33. The van der Waals surface area contributed by atoms with E-state index in [2.05, 4.69) is 15.5 Å². The van der Waals surface area contributed by atoms with Crippen molar-refractivity contribution in [2.75, 3.05) is 5.32 Å². The minimum Gasteiger partial charge on any atom is -0.319 e. The lowest BCUT2D eigenvalue weighted by atomic mass is 9.99. The number of carbonyl (C=O) groups is 1. The van der Waals surface area contributed by atoms with E-state index in [9.17, 15) is 4.79 Å². The van der Waals surface area contributed by atoms with Crippen molar-refractivity contribution in [1.82, 2.24) is 10.2 Å². The largest absolute Gasteiger partial charge is 0.319 e. The maximum atomic E-state index is 12.0. The quantitative estimate of drug-likeness (QED) is 0.857. The fraction of sp³-hybridized carbons (Fsp3) is 0.333. The molecule has 0 fully saturated rings. The highest BCUT2D eigenvalue weighted by Crippen LogP contribution is 2.29. The van der Waals surface area contributed by atoms with Crippen LogP contribution in [0, 0.1) is 0 Å². The average Bonchev–Trinajstić information content (AvgIpc) is 2.96. The summed E-state index contributed by atoms with van der Waals surface area (Å²) in [4.78, 5) is 14.2. The molecule has 0 saturated carbocycles. The van der Waals surface area contributed by atoms with Gasteiger partial charge in [0.25, 0.3) is 5.91 Å². The average molecular weight is 247 g/mol. The van der Waals surface area contributed by atoms with Crippen molar-refractivity contribution in [3.63, 3.8) is 0 Å². The van der Waals surface area contributed by atoms with E-state index in [4.69, 9.17) is 0 Å². The summed E-state index contributed by atoms with van der Waals surface area (Å²) in [5, 5.41) is 9.30. The first kappa shape index (κ1) is 10.5. The predicted molar refractivity (Wildman–Crippen MR) is 67.5 cm³/mol. The molecule has 1 aliphatic carbocycles. The van der Waals surface area contributed by atoms with Crippen LogP contribution in [-0.4, -0.2) is 16.1 Å². The van der Waals surface area contributed by atoms with E-state index in [1.165, 1.54) is 23.3 Å². The zero-order chi connectivity index (χ0) is 11.7. The molecule has 88 valence electrons. The number of aromatic amines is 1. The van der Waals surface area contributed by atoms with Gasteiger partial charge in [0, 0.05) is 11.1 Å². The molecule has 2 heterocycles. The van der Waals surface area contributed by atoms with Crippen molar-refractivity contribution in [3.05, 3.63) is 33.8 Å². The number of thiophene rings is 1. The number of hydrogen-bond acceptors (Lipinski definition) is 3. The first-order valence-corrected chi connectivity index (χ1v) is 6.56. The van der Waals surface area contributed by atoms with Crippen LogP contribution in [-0.2, 0) is 12.8 Å². The highest BCUT2D eigenvalue weighted by atomic mass is 32.1. The Labute approximate surface area is 103 Å². The Kier molecular flexibility index (Phi) is 2.68. The van der Waals surface area contributed by atoms with Crippen molar-refractivity contribution >= 4 is 22.9 Å². The summed E-state index contributed by atoms with van der Waals surface area (Å²) in [6, 6.07) is 2.04. The van der Waals surface area contributed by atoms with Crippen LogP contribution >= 0.6 is 11.3 Å². The van der Waals surface area contributed by atoms with Crippen LogP contribution in [0.5, 0.6) is 0 Å². The first-order valence-electron chi connectivity index (χ1n) is 5.74. The molecule has 0 spiro atoms. The summed E-state index contributed by atoms with van der Waals surface area (Å²) in [7, 11) is 0. The predicted octanol–water partition coefficient (Wildman–Crippen LogP) is 2.60. The molecule has 5 heteroatoms. The summed E-state index contributed by atoms with van der Waals surface area (Å²) in [6.07, 6.45) is 8.00. The van der Waals surface area contributed by atoms with E-state index in [0.717, 1.165) is 17.7 Å². The lowest BCUT2D eigenvalue weighted by Gasteiger charge is -2.08. The normalized spacial score (nSPS) is 14.4. The molecule has 0 aliphatic heterocycles. The maximum Gasteiger partial charge on any atom is 0.265 e. The van der Waals surface area contributed by atoms with Crippen molar-refractivity contribution < 1.29 is 4.79 Å². The summed E-state index contributed by atoms with van der Waals surface area (Å²) in [6.45, 7) is 0. The van der Waals surface area contributed by atoms with Gasteiger partial charge in [0.05, 0.1) is 16.8 Å². The van der Waals surface area contributed by atoms with Gasteiger partial charge in [-0.3, -0.25) is 9.89 Å². The van der Waals surface area contributed by atoms with Crippen LogP contribution in [0.3, 0.4) is 0 Å². The molecule has 1 aliphatic rings. The minimum absolute atomic E-state index is 0.0363. The van der Waals surface area contributed by atoms with Crippen LogP contribution in [0.1, 0.15) is 33.0 Å². The molecule has 0 unspecified atom stereocenters. The molecule has 2 aromatic heterocycles. The van der Waals surface area contributed by atoms with Gasteiger partial charge in [0.15, 0.2) is 0 Å². The smallest absolute Gasteiger partial charge is 0.265 e. The van der Waals surface area contributed by atoms with Gasteiger partial charge in [-0.2, -0.15) is 5.10 Å². The number of amides is 1. The van der Waals surface area contributed by atoms with Crippen molar-refractivity contribution in [1.29, 1.82) is 0 Å². The number of hydrogen-bond donors (Lipinski definition) is 2. The molecule has 3 rings (SSSR count). The molecule has 4 nitrogen and oxygen atoms in total. The van der Waals surface area contributed by atoms with Gasteiger partial charge in [-0.1, -0.05) is 0 Å². The van der Waals surface area contributed by atoms with E-state index in [1.807, 2.05) is 6.07 Å². The molecule has 17 heavy (non-hydrogen) atoms. The Morgan fingerprint density at radius 1 is 1.41 bits per heavy atom. The van der Waals surface area contributed by atoms with E-state index < -0.39 is 0 Å². The number of H-pyrrole nitrogens is 1. The Bertz CT molecular complexity index is 506. The Balaban J connectivity index is 1.79. The van der Waals surface area contributed by atoms with Gasteiger partial charge >= 0.3 is 0 Å². The Morgan fingerprint density at radius 3 is 3.06 bits per heavy atom. The molecule has 2 N–H and O–H groups in total. The summed E-state index contributed by atoms with van der Waals surface area (Å²) in [5.74, 6) is -0.0363. The lowest BCUT2D eigenvalue weighted by Crippen LogP contribution is -2.09. The second kappa shape index (κ2) is 4.33. The zero-order valence-corrected chi connectivity index (χ0v) is 10.1. The topological polar surface area (TPSA) is 57.8 Å². The molecular formula is C12H13N3OS. The molecule has 1 amide bonds. The molecule has 0 aromatic carbocycles. The summed E-state index contributed by atoms with van der Waals surface area (Å²) < 4.78 is 0. The Hall–Kier alpha value is -1.62. The van der Waals surface area contributed by atoms with E-state index in [1.54, 1.807) is 23.7 Å². The molecule has 2 aromatic rings. The third kappa shape index (κ3) is 2.10. The second-order valence-corrected chi connectivity index (χ2v) is 5.34. The molecule has 0 saturated heterocycles. The highest BCUT2D eigenvalue weighted by molar-refractivity contribution is 7.14. The van der Waals surface area contributed by atoms with Crippen LogP contribution < -0.4 is 5.32 Å². The maximum absolute atomic E-state index is 12.0. The number of carbonyl (C=O) groups excluding carboxylic acids is 1. The third-order valence-corrected chi connectivity index (χ3v) is 4.21. The monoisotopic (exact) mass is 247 g/mol. The number of anilines is 1. The highest BCUT2D eigenvalue weighted by Gasteiger charge is 2.17. The number of aryl methyl sites for hydroxylation is 2. The van der Waals surface area contributed by atoms with Crippen LogP contribution in [0.4, 0.5) is 5.69 Å². The standard InChI is InChI=1S/C12H13N3OS/c16-12(15-9-6-13-14-7-9)11-5-8-3-1-2-4-10(8)17-11/h5-7H,1-4H2,(H,13,14)(H,15,16). The van der Waals surface area contributed by atoms with Crippen LogP contribution in [0.15, 0.2) is 18.5 Å². The van der Waals surface area contributed by atoms with Crippen molar-refractivity contribution in [2.45, 2.75) is 25.7 Å². The van der Waals surface area contributed by atoms with Gasteiger partial charge in [0.2, 0.25) is 0 Å². The van der Waals surface area contributed by atoms with Gasteiger partial charge in [0.1, 0.15) is 0 Å². The van der Waals surface area contributed by atoms with Gasteiger partial charge < -0.3 is 5.32 Å². The number of nitrogens with zero attached hydrogens (tertiary/aromatic N) is 1.